The van der Waals surface area contributed by atoms with Crippen molar-refractivity contribution in [2.24, 2.45) is 0 Å². The Balaban J connectivity index is 1.45. The molecule has 0 aliphatic carbocycles. The minimum absolute atomic E-state index is 0.0866. The molecule has 154 valence electrons. The second kappa shape index (κ2) is 8.69. The van der Waals surface area contributed by atoms with E-state index in [1.54, 1.807) is 7.05 Å². The summed E-state index contributed by atoms with van der Waals surface area (Å²) in [6.07, 6.45) is -0.501. The zero-order chi connectivity index (χ0) is 21.1. The lowest BCUT2D eigenvalue weighted by Gasteiger charge is -2.22. The Morgan fingerprint density at radius 1 is 0.967 bits per heavy atom. The summed E-state index contributed by atoms with van der Waals surface area (Å²) in [6, 6.07) is 24.3. The van der Waals surface area contributed by atoms with Gasteiger partial charge in [0, 0.05) is 47.5 Å². The summed E-state index contributed by atoms with van der Waals surface area (Å²) in [5, 5.41) is 15.9. The molecule has 3 aromatic carbocycles. The van der Waals surface area contributed by atoms with Crippen molar-refractivity contribution in [3.63, 3.8) is 0 Å². The van der Waals surface area contributed by atoms with Gasteiger partial charge in [0.05, 0.1) is 12.6 Å². The van der Waals surface area contributed by atoms with Gasteiger partial charge in [-0.15, -0.1) is 0 Å². The van der Waals surface area contributed by atoms with E-state index in [2.05, 4.69) is 51.2 Å². The third-order valence-electron chi connectivity index (χ3n) is 5.49. The van der Waals surface area contributed by atoms with Gasteiger partial charge in [0.2, 0.25) is 0 Å². The Kier molecular flexibility index (Phi) is 5.84. The van der Waals surface area contributed by atoms with Crippen molar-refractivity contribution in [3.8, 4) is 0 Å². The fourth-order valence-electron chi connectivity index (χ4n) is 4.11. The molecule has 0 radical (unpaired) electrons. The molecular formula is C25H27N3O2. The molecule has 1 atom stereocenters. The molecule has 4 aromatic rings. The van der Waals surface area contributed by atoms with Crippen LogP contribution in [-0.4, -0.2) is 47.2 Å². The number of fused-ring (bicyclic) bond motifs is 3. The number of nitrogens with one attached hydrogen (secondary N) is 1. The summed E-state index contributed by atoms with van der Waals surface area (Å²) in [5.74, 6) is -0.0866. The molecule has 2 N–H and O–H groups in total. The van der Waals surface area contributed by atoms with Gasteiger partial charge in [-0.1, -0.05) is 48.5 Å². The van der Waals surface area contributed by atoms with Crippen LogP contribution in [0.15, 0.2) is 72.8 Å². The zero-order valence-corrected chi connectivity index (χ0v) is 17.4. The maximum Gasteiger partial charge on any atom is 0.251 e. The summed E-state index contributed by atoms with van der Waals surface area (Å²) in [5.41, 5.74) is 4.04. The van der Waals surface area contributed by atoms with Gasteiger partial charge in [0.25, 0.3) is 5.91 Å². The lowest BCUT2D eigenvalue weighted by atomic mass is 10.1. The molecule has 0 fully saturated rings. The van der Waals surface area contributed by atoms with Crippen LogP contribution in [0.25, 0.3) is 21.8 Å². The predicted molar refractivity (Wildman–Crippen MR) is 122 cm³/mol. The number of amides is 1. The number of aliphatic hydroxyl groups is 1. The van der Waals surface area contributed by atoms with Crippen molar-refractivity contribution < 1.29 is 9.90 Å². The van der Waals surface area contributed by atoms with E-state index in [-0.39, 0.29) is 5.91 Å². The van der Waals surface area contributed by atoms with Crippen molar-refractivity contribution in [2.75, 3.05) is 20.6 Å². The van der Waals surface area contributed by atoms with Crippen LogP contribution in [0.4, 0.5) is 0 Å². The van der Waals surface area contributed by atoms with Crippen molar-refractivity contribution in [1.82, 2.24) is 14.8 Å². The highest BCUT2D eigenvalue weighted by Crippen LogP contribution is 2.28. The van der Waals surface area contributed by atoms with Gasteiger partial charge < -0.3 is 15.0 Å². The van der Waals surface area contributed by atoms with Crippen molar-refractivity contribution in [2.45, 2.75) is 19.2 Å². The summed E-state index contributed by atoms with van der Waals surface area (Å²) in [4.78, 5) is 13.8. The van der Waals surface area contributed by atoms with Crippen molar-refractivity contribution in [3.05, 3.63) is 83.9 Å². The molecule has 0 aliphatic rings. The maximum atomic E-state index is 11.7. The first-order valence-electron chi connectivity index (χ1n) is 10.2. The normalized spacial score (nSPS) is 12.5. The molecule has 0 aliphatic heterocycles. The van der Waals surface area contributed by atoms with Gasteiger partial charge in [-0.25, -0.2) is 0 Å². The summed E-state index contributed by atoms with van der Waals surface area (Å²) in [6.45, 7) is 1.80. The number of aromatic nitrogens is 1. The minimum atomic E-state index is -0.501. The monoisotopic (exact) mass is 401 g/mol. The van der Waals surface area contributed by atoms with E-state index in [1.165, 1.54) is 10.8 Å². The van der Waals surface area contributed by atoms with E-state index in [4.69, 9.17) is 0 Å². The van der Waals surface area contributed by atoms with E-state index < -0.39 is 6.10 Å². The first-order valence-corrected chi connectivity index (χ1v) is 10.2. The number of rotatable bonds is 7. The molecule has 5 heteroatoms. The number of likely N-dealkylation sites (N-methyl/N-ethyl adjacent to an activating group) is 1. The quantitative estimate of drug-likeness (QED) is 0.497. The highest BCUT2D eigenvalue weighted by molar-refractivity contribution is 6.07. The van der Waals surface area contributed by atoms with Crippen molar-refractivity contribution >= 4 is 27.7 Å². The number of carbonyl (C=O) groups excluding carboxylic acids is 1. The fraction of sp³-hybridized carbons (Fsp3) is 0.240. The first kappa shape index (κ1) is 20.1. The van der Waals surface area contributed by atoms with Crippen LogP contribution in [0.2, 0.25) is 0 Å². The van der Waals surface area contributed by atoms with E-state index in [0.29, 0.717) is 25.2 Å². The fourth-order valence-corrected chi connectivity index (χ4v) is 4.11. The first-order chi connectivity index (χ1) is 14.6. The Morgan fingerprint density at radius 3 is 2.10 bits per heavy atom. The number of para-hydroxylation sites is 2. The highest BCUT2D eigenvalue weighted by atomic mass is 16.3. The Morgan fingerprint density at radius 2 is 1.53 bits per heavy atom. The molecule has 0 bridgehead atoms. The SMILES string of the molecule is CNC(=O)c1ccc(CN(C)C[C@@H](O)Cn2c3ccccc3c3ccccc32)cc1. The lowest BCUT2D eigenvalue weighted by Crippen LogP contribution is -2.31. The van der Waals surface area contributed by atoms with Crippen LogP contribution >= 0.6 is 0 Å². The average Bonchev–Trinajstić information content (AvgIpc) is 3.07. The Labute approximate surface area is 176 Å². The second-order valence-corrected chi connectivity index (χ2v) is 7.77. The Bertz CT molecular complexity index is 1110. The topological polar surface area (TPSA) is 57.5 Å². The molecule has 1 aromatic heterocycles. The molecule has 0 saturated carbocycles. The van der Waals surface area contributed by atoms with Crippen LogP contribution in [0, 0.1) is 0 Å². The molecule has 0 saturated heterocycles. The number of hydrogen-bond acceptors (Lipinski definition) is 3. The van der Waals surface area contributed by atoms with Gasteiger partial charge in [0.1, 0.15) is 0 Å². The molecular weight excluding hydrogens is 374 g/mol. The molecule has 1 amide bonds. The lowest BCUT2D eigenvalue weighted by molar-refractivity contribution is 0.0963. The molecule has 5 nitrogen and oxygen atoms in total. The largest absolute Gasteiger partial charge is 0.390 e. The van der Waals surface area contributed by atoms with Crippen LogP contribution < -0.4 is 5.32 Å². The van der Waals surface area contributed by atoms with E-state index in [0.717, 1.165) is 16.6 Å². The molecule has 0 unspecified atom stereocenters. The minimum Gasteiger partial charge on any atom is -0.390 e. The summed E-state index contributed by atoms with van der Waals surface area (Å²) < 4.78 is 2.21. The van der Waals surface area contributed by atoms with Gasteiger partial charge in [-0.3, -0.25) is 9.69 Å². The van der Waals surface area contributed by atoms with Gasteiger partial charge in [-0.05, 0) is 36.9 Å². The third kappa shape index (κ3) is 4.08. The van der Waals surface area contributed by atoms with E-state index >= 15 is 0 Å². The third-order valence-corrected chi connectivity index (χ3v) is 5.49. The average molecular weight is 402 g/mol. The van der Waals surface area contributed by atoms with E-state index in [9.17, 15) is 9.90 Å². The zero-order valence-electron chi connectivity index (χ0n) is 17.4. The molecule has 4 rings (SSSR count). The van der Waals surface area contributed by atoms with E-state index in [1.807, 2.05) is 43.4 Å². The molecule has 0 spiro atoms. The summed E-state index contributed by atoms with van der Waals surface area (Å²) in [7, 11) is 3.63. The summed E-state index contributed by atoms with van der Waals surface area (Å²) >= 11 is 0. The van der Waals surface area contributed by atoms with Gasteiger partial charge in [0.15, 0.2) is 0 Å². The number of aliphatic hydroxyl groups excluding tert-OH is 1. The predicted octanol–water partition coefficient (Wildman–Crippen LogP) is 3.65. The number of hydrogen-bond donors (Lipinski definition) is 2. The van der Waals surface area contributed by atoms with Crippen molar-refractivity contribution in [1.29, 1.82) is 0 Å². The Hall–Kier alpha value is -3.15. The van der Waals surface area contributed by atoms with Crippen LogP contribution in [0.3, 0.4) is 0 Å². The standard InChI is InChI=1S/C25H27N3O2/c1-26-25(30)19-13-11-18(12-14-19)15-27(2)16-20(29)17-28-23-9-5-3-7-21(23)22-8-4-6-10-24(22)28/h3-14,20,29H,15-17H2,1-2H3,(H,26,30)/t20-/m1/s1. The van der Waals surface area contributed by atoms with Gasteiger partial charge >= 0.3 is 0 Å². The number of benzene rings is 3. The maximum absolute atomic E-state index is 11.7. The molecule has 30 heavy (non-hydrogen) atoms. The highest BCUT2D eigenvalue weighted by Gasteiger charge is 2.15. The van der Waals surface area contributed by atoms with Crippen LogP contribution in [-0.2, 0) is 13.1 Å². The number of nitrogens with zero attached hydrogens (tertiary/aromatic N) is 2. The van der Waals surface area contributed by atoms with Crippen LogP contribution in [0.1, 0.15) is 15.9 Å². The number of carbonyl (C=O) groups is 1. The van der Waals surface area contributed by atoms with Gasteiger partial charge in [-0.2, -0.15) is 0 Å². The van der Waals surface area contributed by atoms with Crippen LogP contribution in [0.5, 0.6) is 0 Å². The molecule has 1 heterocycles. The second-order valence-electron chi connectivity index (χ2n) is 7.77. The smallest absolute Gasteiger partial charge is 0.251 e.